The Morgan fingerprint density at radius 3 is 2.52 bits per heavy atom. The third-order valence-corrected chi connectivity index (χ3v) is 6.12. The molecular formula is C26H30N4O. The predicted octanol–water partition coefficient (Wildman–Crippen LogP) is 4.48. The molecular weight excluding hydrogens is 384 g/mol. The van der Waals surface area contributed by atoms with Gasteiger partial charge in [-0.1, -0.05) is 30.3 Å². The van der Waals surface area contributed by atoms with Gasteiger partial charge in [0.1, 0.15) is 0 Å². The summed E-state index contributed by atoms with van der Waals surface area (Å²) in [4.78, 5) is 24.8. The van der Waals surface area contributed by atoms with Crippen molar-refractivity contribution in [1.82, 2.24) is 20.2 Å². The number of amides is 1. The molecule has 31 heavy (non-hydrogen) atoms. The molecule has 1 saturated heterocycles. The lowest BCUT2D eigenvalue weighted by Crippen LogP contribution is -2.41. The summed E-state index contributed by atoms with van der Waals surface area (Å²) in [5.74, 6) is 0.324. The number of benzene rings is 1. The number of pyridine rings is 2. The van der Waals surface area contributed by atoms with E-state index in [-0.39, 0.29) is 11.9 Å². The molecule has 4 rings (SSSR count). The molecule has 0 bridgehead atoms. The maximum absolute atomic E-state index is 13.1. The van der Waals surface area contributed by atoms with Crippen LogP contribution in [0.4, 0.5) is 0 Å². The van der Waals surface area contributed by atoms with Crippen molar-refractivity contribution in [2.45, 2.75) is 39.3 Å². The van der Waals surface area contributed by atoms with E-state index in [4.69, 9.17) is 0 Å². The highest BCUT2D eigenvalue weighted by atomic mass is 16.1. The van der Waals surface area contributed by atoms with E-state index < -0.39 is 0 Å². The SMILES string of the molecule is Cc1cccc(CN2CCC([C@@H](NC(=O)c3ccccc3C)c3ccccn3)CC2)n1. The first kappa shape index (κ1) is 21.2. The largest absolute Gasteiger partial charge is 0.343 e. The molecule has 160 valence electrons. The van der Waals surface area contributed by atoms with E-state index in [1.807, 2.05) is 62.4 Å². The minimum Gasteiger partial charge on any atom is -0.343 e. The van der Waals surface area contributed by atoms with Crippen LogP contribution >= 0.6 is 0 Å². The summed E-state index contributed by atoms with van der Waals surface area (Å²) in [6.07, 6.45) is 3.84. The van der Waals surface area contributed by atoms with Crippen LogP contribution in [0, 0.1) is 19.8 Å². The molecule has 3 aromatic rings. The van der Waals surface area contributed by atoms with Gasteiger partial charge in [-0.15, -0.1) is 0 Å². The number of nitrogens with zero attached hydrogens (tertiary/aromatic N) is 3. The molecule has 1 aliphatic heterocycles. The lowest BCUT2D eigenvalue weighted by Gasteiger charge is -2.36. The maximum atomic E-state index is 13.1. The molecule has 1 aromatic carbocycles. The minimum absolute atomic E-state index is 0.0276. The highest BCUT2D eigenvalue weighted by Crippen LogP contribution is 2.31. The number of carbonyl (C=O) groups excluding carboxylic acids is 1. The van der Waals surface area contributed by atoms with Crippen LogP contribution < -0.4 is 5.32 Å². The average molecular weight is 415 g/mol. The summed E-state index contributed by atoms with van der Waals surface area (Å²) >= 11 is 0. The lowest BCUT2D eigenvalue weighted by atomic mass is 9.87. The molecule has 1 amide bonds. The number of hydrogen-bond acceptors (Lipinski definition) is 4. The minimum atomic E-state index is -0.0902. The van der Waals surface area contributed by atoms with Gasteiger partial charge in [0.25, 0.3) is 5.91 Å². The van der Waals surface area contributed by atoms with Gasteiger partial charge in [-0.05, 0) is 81.6 Å². The summed E-state index contributed by atoms with van der Waals surface area (Å²) < 4.78 is 0. The Hall–Kier alpha value is -3.05. The number of carbonyl (C=O) groups is 1. The lowest BCUT2D eigenvalue weighted by molar-refractivity contribution is 0.0887. The fourth-order valence-corrected chi connectivity index (χ4v) is 4.40. The summed E-state index contributed by atoms with van der Waals surface area (Å²) in [5, 5.41) is 3.30. The van der Waals surface area contributed by atoms with Crippen LogP contribution in [0.2, 0.25) is 0 Å². The highest BCUT2D eigenvalue weighted by Gasteiger charge is 2.30. The summed E-state index contributed by atoms with van der Waals surface area (Å²) in [6, 6.07) is 19.8. The Bertz CT molecular complexity index is 1010. The Morgan fingerprint density at radius 1 is 1.03 bits per heavy atom. The van der Waals surface area contributed by atoms with E-state index in [9.17, 15) is 4.79 Å². The summed E-state index contributed by atoms with van der Waals surface area (Å²) in [5.41, 5.74) is 4.82. The van der Waals surface area contributed by atoms with Crippen molar-refractivity contribution in [3.05, 3.63) is 95.1 Å². The molecule has 1 aliphatic rings. The quantitative estimate of drug-likeness (QED) is 0.646. The predicted molar refractivity (Wildman–Crippen MR) is 123 cm³/mol. The van der Waals surface area contributed by atoms with E-state index >= 15 is 0 Å². The zero-order chi connectivity index (χ0) is 21.6. The van der Waals surface area contributed by atoms with Gasteiger partial charge in [-0.25, -0.2) is 0 Å². The standard InChI is InChI=1S/C26H30N4O/c1-19-8-3-4-11-23(19)26(31)29-25(24-12-5-6-15-27-24)21-13-16-30(17-14-21)18-22-10-7-9-20(2)28-22/h3-12,15,21,25H,13-14,16-18H2,1-2H3,(H,29,31)/t25-/m1/s1. The molecule has 0 radical (unpaired) electrons. The van der Waals surface area contributed by atoms with Crippen LogP contribution in [-0.4, -0.2) is 33.9 Å². The van der Waals surface area contributed by atoms with E-state index in [2.05, 4.69) is 32.3 Å². The van der Waals surface area contributed by atoms with E-state index in [1.165, 1.54) is 0 Å². The Morgan fingerprint density at radius 2 is 1.81 bits per heavy atom. The zero-order valence-corrected chi connectivity index (χ0v) is 18.3. The first-order valence-electron chi connectivity index (χ1n) is 11.0. The maximum Gasteiger partial charge on any atom is 0.252 e. The number of aryl methyl sites for hydroxylation is 2. The first-order valence-corrected chi connectivity index (χ1v) is 11.0. The molecule has 0 unspecified atom stereocenters. The van der Waals surface area contributed by atoms with Gasteiger partial charge >= 0.3 is 0 Å². The van der Waals surface area contributed by atoms with Crippen LogP contribution in [0.3, 0.4) is 0 Å². The number of nitrogens with one attached hydrogen (secondary N) is 1. The Kier molecular flexibility index (Phi) is 6.73. The normalized spacial score (nSPS) is 16.1. The third kappa shape index (κ3) is 5.36. The van der Waals surface area contributed by atoms with E-state index in [0.29, 0.717) is 5.92 Å². The van der Waals surface area contributed by atoms with Crippen molar-refractivity contribution in [3.8, 4) is 0 Å². The van der Waals surface area contributed by atoms with Crippen molar-refractivity contribution in [3.63, 3.8) is 0 Å². The molecule has 2 aromatic heterocycles. The fourth-order valence-electron chi connectivity index (χ4n) is 4.40. The molecule has 0 saturated carbocycles. The Labute approximate surface area is 184 Å². The van der Waals surface area contributed by atoms with Crippen molar-refractivity contribution < 1.29 is 4.79 Å². The van der Waals surface area contributed by atoms with Crippen molar-refractivity contribution >= 4 is 5.91 Å². The number of piperidine rings is 1. The van der Waals surface area contributed by atoms with Gasteiger partial charge in [0.15, 0.2) is 0 Å². The summed E-state index contributed by atoms with van der Waals surface area (Å²) in [7, 11) is 0. The van der Waals surface area contributed by atoms with Crippen molar-refractivity contribution in [2.75, 3.05) is 13.1 Å². The monoisotopic (exact) mass is 414 g/mol. The summed E-state index contributed by atoms with van der Waals surface area (Å²) in [6.45, 7) is 6.86. The molecule has 1 N–H and O–H groups in total. The molecule has 0 spiro atoms. The van der Waals surface area contributed by atoms with Crippen LogP contribution in [0.15, 0.2) is 66.9 Å². The Balaban J connectivity index is 1.45. The molecule has 1 fully saturated rings. The van der Waals surface area contributed by atoms with Crippen LogP contribution in [0.25, 0.3) is 0 Å². The average Bonchev–Trinajstić information content (AvgIpc) is 2.79. The second kappa shape index (κ2) is 9.84. The van der Waals surface area contributed by atoms with Crippen molar-refractivity contribution in [2.24, 2.45) is 5.92 Å². The van der Waals surface area contributed by atoms with E-state index in [0.717, 1.165) is 60.7 Å². The highest BCUT2D eigenvalue weighted by molar-refractivity contribution is 5.95. The van der Waals surface area contributed by atoms with Crippen LogP contribution in [0.1, 0.15) is 51.9 Å². The van der Waals surface area contributed by atoms with Gasteiger partial charge in [-0.2, -0.15) is 0 Å². The molecule has 5 heteroatoms. The van der Waals surface area contributed by atoms with Crippen LogP contribution in [0.5, 0.6) is 0 Å². The van der Waals surface area contributed by atoms with E-state index in [1.54, 1.807) is 6.20 Å². The number of likely N-dealkylation sites (tertiary alicyclic amines) is 1. The number of hydrogen-bond donors (Lipinski definition) is 1. The molecule has 0 aliphatic carbocycles. The van der Waals surface area contributed by atoms with Crippen LogP contribution in [-0.2, 0) is 6.54 Å². The second-order valence-corrected chi connectivity index (χ2v) is 8.40. The number of rotatable bonds is 6. The fraction of sp³-hybridized carbons (Fsp3) is 0.346. The molecule has 1 atom stereocenters. The van der Waals surface area contributed by atoms with Gasteiger partial charge < -0.3 is 5.32 Å². The van der Waals surface area contributed by atoms with Gasteiger partial charge in [-0.3, -0.25) is 19.7 Å². The topological polar surface area (TPSA) is 58.1 Å². The van der Waals surface area contributed by atoms with Gasteiger partial charge in [0.05, 0.1) is 17.4 Å². The molecule has 3 heterocycles. The zero-order valence-electron chi connectivity index (χ0n) is 18.3. The second-order valence-electron chi connectivity index (χ2n) is 8.40. The number of aromatic nitrogens is 2. The van der Waals surface area contributed by atoms with Crippen molar-refractivity contribution in [1.29, 1.82) is 0 Å². The molecule has 5 nitrogen and oxygen atoms in total. The van der Waals surface area contributed by atoms with Gasteiger partial charge in [0.2, 0.25) is 0 Å². The third-order valence-electron chi connectivity index (χ3n) is 6.12. The first-order chi connectivity index (χ1) is 15.1. The smallest absolute Gasteiger partial charge is 0.252 e. The van der Waals surface area contributed by atoms with Gasteiger partial charge in [0, 0.05) is 24.0 Å².